The zero-order valence-corrected chi connectivity index (χ0v) is 10.5. The second kappa shape index (κ2) is 5.59. The van der Waals surface area contributed by atoms with E-state index in [1.807, 2.05) is 5.38 Å². The van der Waals surface area contributed by atoms with Gasteiger partial charge in [0.05, 0.1) is 5.69 Å². The third-order valence-corrected chi connectivity index (χ3v) is 2.94. The van der Waals surface area contributed by atoms with Crippen molar-refractivity contribution in [3.8, 4) is 11.3 Å². The van der Waals surface area contributed by atoms with E-state index in [-0.39, 0.29) is 18.5 Å². The molecule has 0 saturated carbocycles. The quantitative estimate of drug-likeness (QED) is 0.683. The number of esters is 1. The first-order chi connectivity index (χ1) is 8.65. The van der Waals surface area contributed by atoms with Crippen molar-refractivity contribution in [1.82, 2.24) is 4.98 Å². The first kappa shape index (κ1) is 12.5. The van der Waals surface area contributed by atoms with Crippen LogP contribution in [0.25, 0.3) is 11.3 Å². The van der Waals surface area contributed by atoms with E-state index >= 15 is 0 Å². The Hall–Kier alpha value is -1.95. The Bertz CT molecular complexity index is 539. The van der Waals surface area contributed by atoms with Crippen LogP contribution in [-0.2, 0) is 9.53 Å². The minimum absolute atomic E-state index is 0.0890. The van der Waals surface area contributed by atoms with E-state index < -0.39 is 0 Å². The van der Waals surface area contributed by atoms with E-state index in [9.17, 15) is 9.18 Å². The predicted octanol–water partition coefficient (Wildman–Crippen LogP) is 2.88. The molecule has 0 atom stereocenters. The molecule has 0 aliphatic heterocycles. The lowest BCUT2D eigenvalue weighted by atomic mass is 10.2. The van der Waals surface area contributed by atoms with E-state index in [4.69, 9.17) is 4.74 Å². The molecule has 18 heavy (non-hydrogen) atoms. The number of benzene rings is 1. The van der Waals surface area contributed by atoms with Crippen molar-refractivity contribution in [2.75, 3.05) is 12.0 Å². The molecule has 0 radical (unpaired) electrons. The summed E-state index contributed by atoms with van der Waals surface area (Å²) >= 11 is 1.39. The van der Waals surface area contributed by atoms with Gasteiger partial charge in [-0.25, -0.2) is 9.37 Å². The number of nitrogens with zero attached hydrogens (tertiary/aromatic N) is 1. The number of aromatic nitrogens is 1. The van der Waals surface area contributed by atoms with E-state index in [1.54, 1.807) is 12.1 Å². The summed E-state index contributed by atoms with van der Waals surface area (Å²) in [7, 11) is 0. The summed E-state index contributed by atoms with van der Waals surface area (Å²) in [6.07, 6.45) is 0. The highest BCUT2D eigenvalue weighted by Crippen LogP contribution is 2.24. The molecule has 2 aromatic rings. The van der Waals surface area contributed by atoms with Crippen LogP contribution in [-0.4, -0.2) is 17.7 Å². The van der Waals surface area contributed by atoms with Gasteiger partial charge in [0.25, 0.3) is 0 Å². The number of thiazole rings is 1. The molecule has 1 heterocycles. The van der Waals surface area contributed by atoms with Crippen molar-refractivity contribution in [1.29, 1.82) is 0 Å². The molecule has 0 saturated heterocycles. The number of carbonyl (C=O) groups excluding carboxylic acids is 1. The zero-order valence-electron chi connectivity index (χ0n) is 9.64. The Labute approximate surface area is 107 Å². The van der Waals surface area contributed by atoms with Gasteiger partial charge in [0.1, 0.15) is 5.82 Å². The Balaban J connectivity index is 2.01. The Morgan fingerprint density at radius 1 is 1.44 bits per heavy atom. The number of carbonyl (C=O) groups is 1. The Morgan fingerprint density at radius 2 is 2.17 bits per heavy atom. The molecule has 2 rings (SSSR count). The lowest BCUT2D eigenvalue weighted by Gasteiger charge is -2.01. The molecule has 0 amide bonds. The van der Waals surface area contributed by atoms with Gasteiger partial charge in [0.15, 0.2) is 11.9 Å². The minimum atomic E-state index is -0.349. The Kier molecular flexibility index (Phi) is 3.88. The van der Waals surface area contributed by atoms with Gasteiger partial charge in [-0.2, -0.15) is 0 Å². The van der Waals surface area contributed by atoms with Crippen molar-refractivity contribution in [3.63, 3.8) is 0 Å². The standard InChI is InChI=1S/C12H11FN2O2S/c1-8(16)17-7-14-12-15-11(6-18-12)9-2-4-10(13)5-3-9/h2-6H,7H2,1H3,(H,14,15). The number of hydrogen-bond donors (Lipinski definition) is 1. The SMILES string of the molecule is CC(=O)OCNc1nc(-c2ccc(F)cc2)cs1. The van der Waals surface area contributed by atoms with Gasteiger partial charge >= 0.3 is 5.97 Å². The zero-order chi connectivity index (χ0) is 13.0. The normalized spacial score (nSPS) is 10.1. The number of anilines is 1. The molecule has 0 aliphatic rings. The van der Waals surface area contributed by atoms with E-state index in [1.165, 1.54) is 30.4 Å². The van der Waals surface area contributed by atoms with Crippen molar-refractivity contribution < 1.29 is 13.9 Å². The number of halogens is 1. The van der Waals surface area contributed by atoms with E-state index in [0.717, 1.165) is 11.3 Å². The van der Waals surface area contributed by atoms with Crippen LogP contribution in [0.5, 0.6) is 0 Å². The maximum atomic E-state index is 12.8. The third-order valence-electron chi connectivity index (χ3n) is 2.14. The average molecular weight is 266 g/mol. The van der Waals surface area contributed by atoms with Gasteiger partial charge in [0.2, 0.25) is 0 Å². The van der Waals surface area contributed by atoms with Gasteiger partial charge < -0.3 is 10.1 Å². The summed E-state index contributed by atoms with van der Waals surface area (Å²) in [4.78, 5) is 14.9. The lowest BCUT2D eigenvalue weighted by Crippen LogP contribution is -2.09. The molecule has 1 N–H and O–H groups in total. The number of nitrogens with one attached hydrogen (secondary N) is 1. The van der Waals surface area contributed by atoms with Gasteiger partial charge in [-0.15, -0.1) is 11.3 Å². The second-order valence-electron chi connectivity index (χ2n) is 3.50. The van der Waals surface area contributed by atoms with Gasteiger partial charge in [-0.05, 0) is 24.3 Å². The van der Waals surface area contributed by atoms with Crippen LogP contribution in [0.1, 0.15) is 6.92 Å². The summed E-state index contributed by atoms with van der Waals surface area (Å²) in [5, 5.41) is 5.37. The van der Waals surface area contributed by atoms with E-state index in [2.05, 4.69) is 10.3 Å². The van der Waals surface area contributed by atoms with Crippen molar-refractivity contribution >= 4 is 22.4 Å². The maximum absolute atomic E-state index is 12.8. The largest absolute Gasteiger partial charge is 0.445 e. The molecule has 1 aromatic heterocycles. The van der Waals surface area contributed by atoms with Gasteiger partial charge in [-0.3, -0.25) is 4.79 Å². The number of ether oxygens (including phenoxy) is 1. The van der Waals surface area contributed by atoms with Gasteiger partial charge in [-0.1, -0.05) is 0 Å². The highest BCUT2D eigenvalue weighted by atomic mass is 32.1. The first-order valence-corrected chi connectivity index (χ1v) is 6.12. The molecule has 6 heteroatoms. The van der Waals surface area contributed by atoms with Crippen LogP contribution in [0.4, 0.5) is 9.52 Å². The fraction of sp³-hybridized carbons (Fsp3) is 0.167. The summed E-state index contributed by atoms with van der Waals surface area (Å²) < 4.78 is 17.5. The molecular weight excluding hydrogens is 255 g/mol. The first-order valence-electron chi connectivity index (χ1n) is 5.24. The molecule has 0 spiro atoms. The van der Waals surface area contributed by atoms with Crippen LogP contribution >= 0.6 is 11.3 Å². The van der Waals surface area contributed by atoms with Crippen LogP contribution in [0.2, 0.25) is 0 Å². The topological polar surface area (TPSA) is 51.2 Å². The summed E-state index contributed by atoms with van der Waals surface area (Å²) in [5.41, 5.74) is 1.60. The predicted molar refractivity (Wildman–Crippen MR) is 67.8 cm³/mol. The fourth-order valence-electron chi connectivity index (χ4n) is 1.31. The molecule has 0 unspecified atom stereocenters. The molecule has 1 aromatic carbocycles. The third kappa shape index (κ3) is 3.27. The van der Waals surface area contributed by atoms with Crippen LogP contribution in [0, 0.1) is 5.82 Å². The average Bonchev–Trinajstić information content (AvgIpc) is 2.78. The van der Waals surface area contributed by atoms with Crippen molar-refractivity contribution in [2.45, 2.75) is 6.92 Å². The summed E-state index contributed by atoms with van der Waals surface area (Å²) in [5.74, 6) is -0.625. The van der Waals surface area contributed by atoms with E-state index in [0.29, 0.717) is 5.13 Å². The Morgan fingerprint density at radius 3 is 2.83 bits per heavy atom. The highest BCUT2D eigenvalue weighted by molar-refractivity contribution is 7.14. The monoisotopic (exact) mass is 266 g/mol. The molecule has 0 aliphatic carbocycles. The molecular formula is C12H11FN2O2S. The minimum Gasteiger partial charge on any atom is -0.445 e. The maximum Gasteiger partial charge on any atom is 0.304 e. The molecule has 94 valence electrons. The molecule has 0 fully saturated rings. The van der Waals surface area contributed by atoms with Crippen LogP contribution < -0.4 is 5.32 Å². The fourth-order valence-corrected chi connectivity index (χ4v) is 2.01. The summed E-state index contributed by atoms with van der Waals surface area (Å²) in [6, 6.07) is 6.11. The van der Waals surface area contributed by atoms with Crippen LogP contribution in [0.3, 0.4) is 0 Å². The van der Waals surface area contributed by atoms with Gasteiger partial charge in [0, 0.05) is 17.9 Å². The molecule has 4 nitrogen and oxygen atoms in total. The number of rotatable bonds is 4. The second-order valence-corrected chi connectivity index (χ2v) is 4.36. The van der Waals surface area contributed by atoms with Crippen molar-refractivity contribution in [3.05, 3.63) is 35.5 Å². The van der Waals surface area contributed by atoms with Crippen LogP contribution in [0.15, 0.2) is 29.6 Å². The molecule has 0 bridgehead atoms. The summed E-state index contributed by atoms with van der Waals surface area (Å²) in [6.45, 7) is 1.43. The smallest absolute Gasteiger partial charge is 0.304 e. The van der Waals surface area contributed by atoms with Crippen molar-refractivity contribution in [2.24, 2.45) is 0 Å². The highest BCUT2D eigenvalue weighted by Gasteiger charge is 2.04. The lowest BCUT2D eigenvalue weighted by molar-refractivity contribution is -0.140. The number of hydrogen-bond acceptors (Lipinski definition) is 5.